The summed E-state index contributed by atoms with van der Waals surface area (Å²) in [6.07, 6.45) is -0.608. The van der Waals surface area contributed by atoms with Gasteiger partial charge in [0.25, 0.3) is 5.91 Å². The van der Waals surface area contributed by atoms with Gasteiger partial charge >= 0.3 is 0 Å². The number of aliphatic hydroxyl groups excluding tert-OH is 1. The average Bonchev–Trinajstić information content (AvgIpc) is 2.44. The van der Waals surface area contributed by atoms with E-state index in [0.29, 0.717) is 5.69 Å². The molecule has 0 saturated carbocycles. The molecule has 0 spiro atoms. The van der Waals surface area contributed by atoms with E-state index in [0.717, 1.165) is 9.88 Å². The van der Waals surface area contributed by atoms with Crippen LogP contribution in [0.4, 0.5) is 0 Å². The highest BCUT2D eigenvalue weighted by Gasteiger charge is 2.13. The maximum absolute atomic E-state index is 11.5. The first-order valence-electron chi connectivity index (χ1n) is 4.55. The minimum atomic E-state index is -0.608. The summed E-state index contributed by atoms with van der Waals surface area (Å²) in [7, 11) is 0. The Morgan fingerprint density at radius 1 is 1.67 bits per heavy atom. The molecule has 0 aromatic carbocycles. The molecule has 15 heavy (non-hydrogen) atoms. The van der Waals surface area contributed by atoms with Crippen LogP contribution in [-0.4, -0.2) is 28.7 Å². The number of carbonyl (C=O) groups is 1. The number of amides is 1. The maximum atomic E-state index is 11.5. The van der Waals surface area contributed by atoms with E-state index in [1.807, 2.05) is 13.8 Å². The van der Waals surface area contributed by atoms with E-state index in [2.05, 4.69) is 10.5 Å². The molecular weight excluding hydrogens is 216 g/mol. The van der Waals surface area contributed by atoms with Crippen molar-refractivity contribution in [1.82, 2.24) is 10.5 Å². The predicted molar refractivity (Wildman–Crippen MR) is 56.7 cm³/mol. The molecule has 2 N–H and O–H groups in total. The molecule has 1 amide bonds. The first kappa shape index (κ1) is 12.1. The van der Waals surface area contributed by atoms with Crippen LogP contribution in [0.3, 0.4) is 0 Å². The second-order valence-electron chi connectivity index (χ2n) is 3.23. The molecule has 0 fully saturated rings. The van der Waals surface area contributed by atoms with Crippen LogP contribution in [0.25, 0.3) is 0 Å². The fourth-order valence-corrected chi connectivity index (χ4v) is 1.83. The van der Waals surface area contributed by atoms with Crippen LogP contribution in [0.5, 0.6) is 0 Å². The van der Waals surface area contributed by atoms with Crippen LogP contribution in [0, 0.1) is 13.8 Å². The molecule has 1 aromatic rings. The lowest BCUT2D eigenvalue weighted by Crippen LogP contribution is -2.28. The number of nitrogens with one attached hydrogen (secondary N) is 1. The number of hydrogen-bond donors (Lipinski definition) is 2. The van der Waals surface area contributed by atoms with Crippen molar-refractivity contribution in [2.24, 2.45) is 0 Å². The molecular formula is C9H14N2O3S. The highest BCUT2D eigenvalue weighted by molar-refractivity contribution is 7.11. The van der Waals surface area contributed by atoms with Crippen molar-refractivity contribution < 1.29 is 14.7 Å². The quantitative estimate of drug-likeness (QED) is 0.751. The van der Waals surface area contributed by atoms with Crippen molar-refractivity contribution in [3.63, 3.8) is 0 Å². The van der Waals surface area contributed by atoms with Crippen molar-refractivity contribution in [3.05, 3.63) is 15.6 Å². The van der Waals surface area contributed by atoms with Crippen molar-refractivity contribution in [2.45, 2.75) is 26.9 Å². The van der Waals surface area contributed by atoms with Gasteiger partial charge in [0.1, 0.15) is 12.3 Å². The molecule has 0 aliphatic carbocycles. The minimum Gasteiger partial charge on any atom is -0.391 e. The fourth-order valence-electron chi connectivity index (χ4n) is 1.02. The highest BCUT2D eigenvalue weighted by atomic mass is 32.1. The Hall–Kier alpha value is -0.980. The molecule has 0 radical (unpaired) electrons. The normalized spacial score (nSPS) is 12.5. The van der Waals surface area contributed by atoms with E-state index in [9.17, 15) is 4.79 Å². The van der Waals surface area contributed by atoms with Crippen LogP contribution in [0.15, 0.2) is 0 Å². The van der Waals surface area contributed by atoms with Crippen molar-refractivity contribution in [3.8, 4) is 0 Å². The molecule has 1 atom stereocenters. The van der Waals surface area contributed by atoms with Gasteiger partial charge < -0.3 is 5.11 Å². The number of aromatic nitrogens is 1. The molecule has 0 aliphatic rings. The lowest BCUT2D eigenvalue weighted by atomic mass is 10.4. The highest BCUT2D eigenvalue weighted by Crippen LogP contribution is 2.15. The summed E-state index contributed by atoms with van der Waals surface area (Å²) in [4.78, 5) is 21.2. The van der Waals surface area contributed by atoms with E-state index >= 15 is 0 Å². The second-order valence-corrected chi connectivity index (χ2v) is 4.64. The summed E-state index contributed by atoms with van der Waals surface area (Å²) < 4.78 is 0. The van der Waals surface area contributed by atoms with E-state index < -0.39 is 6.10 Å². The van der Waals surface area contributed by atoms with Gasteiger partial charge in [-0.05, 0) is 20.8 Å². The SMILES string of the molecule is Cc1nc(C(=O)NOC[C@@H](C)O)c(C)s1. The zero-order valence-electron chi connectivity index (χ0n) is 8.90. The van der Waals surface area contributed by atoms with Gasteiger partial charge in [-0.3, -0.25) is 9.63 Å². The standard InChI is InChI=1S/C9H14N2O3S/c1-5(12)4-14-11-9(13)8-6(2)15-7(3)10-8/h5,12H,4H2,1-3H3,(H,11,13)/t5-/m1/s1. The molecule has 1 aromatic heterocycles. The van der Waals surface area contributed by atoms with Crippen LogP contribution in [0.2, 0.25) is 0 Å². The van der Waals surface area contributed by atoms with E-state index in [1.54, 1.807) is 6.92 Å². The molecule has 0 saturated heterocycles. The summed E-state index contributed by atoms with van der Waals surface area (Å²) in [6, 6.07) is 0. The summed E-state index contributed by atoms with van der Waals surface area (Å²) in [5, 5.41) is 9.75. The zero-order valence-corrected chi connectivity index (χ0v) is 9.72. The monoisotopic (exact) mass is 230 g/mol. The smallest absolute Gasteiger partial charge is 0.294 e. The molecule has 0 bridgehead atoms. The van der Waals surface area contributed by atoms with E-state index in [-0.39, 0.29) is 12.5 Å². The lowest BCUT2D eigenvalue weighted by molar-refractivity contribution is -0.00712. The molecule has 84 valence electrons. The van der Waals surface area contributed by atoms with E-state index in [4.69, 9.17) is 9.94 Å². The van der Waals surface area contributed by atoms with Gasteiger partial charge in [0.15, 0.2) is 0 Å². The number of rotatable bonds is 4. The van der Waals surface area contributed by atoms with Gasteiger partial charge in [0, 0.05) is 4.88 Å². The van der Waals surface area contributed by atoms with Crippen LogP contribution >= 0.6 is 11.3 Å². The number of thiazole rings is 1. The number of nitrogens with zero attached hydrogens (tertiary/aromatic N) is 1. The Bertz CT molecular complexity index is 349. The largest absolute Gasteiger partial charge is 0.391 e. The molecule has 1 heterocycles. The first-order valence-corrected chi connectivity index (χ1v) is 5.36. The summed E-state index contributed by atoms with van der Waals surface area (Å²) in [5.74, 6) is -0.377. The van der Waals surface area contributed by atoms with Gasteiger partial charge in [0.2, 0.25) is 0 Å². The third-order valence-electron chi connectivity index (χ3n) is 1.61. The van der Waals surface area contributed by atoms with Crippen molar-refractivity contribution in [1.29, 1.82) is 0 Å². The van der Waals surface area contributed by atoms with Crippen LogP contribution in [0.1, 0.15) is 27.3 Å². The summed E-state index contributed by atoms with van der Waals surface area (Å²) >= 11 is 1.46. The molecule has 0 unspecified atom stereocenters. The average molecular weight is 230 g/mol. The van der Waals surface area contributed by atoms with E-state index in [1.165, 1.54) is 11.3 Å². The molecule has 6 heteroatoms. The van der Waals surface area contributed by atoms with Gasteiger partial charge in [-0.25, -0.2) is 10.5 Å². The van der Waals surface area contributed by atoms with Crippen molar-refractivity contribution in [2.75, 3.05) is 6.61 Å². The third kappa shape index (κ3) is 3.58. The van der Waals surface area contributed by atoms with Crippen molar-refractivity contribution >= 4 is 17.2 Å². The van der Waals surface area contributed by atoms with Gasteiger partial charge in [0.05, 0.1) is 11.1 Å². The van der Waals surface area contributed by atoms with Crippen LogP contribution in [-0.2, 0) is 4.84 Å². The maximum Gasteiger partial charge on any atom is 0.294 e. The Balaban J connectivity index is 2.50. The van der Waals surface area contributed by atoms with Gasteiger partial charge in [-0.2, -0.15) is 0 Å². The fraction of sp³-hybridized carbons (Fsp3) is 0.556. The third-order valence-corrected chi connectivity index (χ3v) is 2.49. The molecule has 1 rings (SSSR count). The Labute approximate surface area is 92.1 Å². The summed E-state index contributed by atoms with van der Waals surface area (Å²) in [6.45, 7) is 5.30. The number of aliphatic hydroxyl groups is 1. The first-order chi connectivity index (χ1) is 7.00. The number of carbonyl (C=O) groups excluding carboxylic acids is 1. The number of aryl methyl sites for hydroxylation is 2. The predicted octanol–water partition coefficient (Wildman–Crippen LogP) is 0.802. The lowest BCUT2D eigenvalue weighted by Gasteiger charge is -2.06. The Kier molecular flexibility index (Phi) is 4.19. The zero-order chi connectivity index (χ0) is 11.4. The second kappa shape index (κ2) is 5.20. The molecule has 5 nitrogen and oxygen atoms in total. The minimum absolute atomic E-state index is 0.0634. The van der Waals surface area contributed by atoms with Gasteiger partial charge in [-0.1, -0.05) is 0 Å². The number of hydrogen-bond acceptors (Lipinski definition) is 5. The topological polar surface area (TPSA) is 71.5 Å². The van der Waals surface area contributed by atoms with Gasteiger partial charge in [-0.15, -0.1) is 11.3 Å². The number of hydroxylamine groups is 1. The summed E-state index contributed by atoms with van der Waals surface area (Å²) in [5.41, 5.74) is 2.61. The molecule has 0 aliphatic heterocycles. The Morgan fingerprint density at radius 2 is 2.33 bits per heavy atom. The van der Waals surface area contributed by atoms with Crippen LogP contribution < -0.4 is 5.48 Å². The Morgan fingerprint density at radius 3 is 2.80 bits per heavy atom.